The summed E-state index contributed by atoms with van der Waals surface area (Å²) in [6, 6.07) is 13.4. The van der Waals surface area contributed by atoms with Crippen molar-refractivity contribution in [3.63, 3.8) is 0 Å². The van der Waals surface area contributed by atoms with Gasteiger partial charge in [0, 0.05) is 11.5 Å². The van der Waals surface area contributed by atoms with Crippen molar-refractivity contribution in [1.82, 2.24) is 0 Å². The molecule has 2 aromatic carbocycles. The van der Waals surface area contributed by atoms with E-state index in [1.165, 1.54) is 18.2 Å². The molecule has 0 spiro atoms. The Morgan fingerprint density at radius 1 is 1.03 bits per heavy atom. The van der Waals surface area contributed by atoms with Gasteiger partial charge in [0.2, 0.25) is 0 Å². The summed E-state index contributed by atoms with van der Waals surface area (Å²) >= 11 is 0. The molecule has 0 unspecified atom stereocenters. The topological polar surface area (TPSA) is 92.0 Å². The summed E-state index contributed by atoms with van der Waals surface area (Å²) in [7, 11) is 0. The van der Waals surface area contributed by atoms with Gasteiger partial charge < -0.3 is 18.6 Å². The first kappa shape index (κ1) is 21.1. The lowest BCUT2D eigenvalue weighted by Crippen LogP contribution is -2.18. The molecule has 7 nitrogen and oxygen atoms in total. The summed E-state index contributed by atoms with van der Waals surface area (Å²) in [6.45, 7) is 5.66. The van der Waals surface area contributed by atoms with Gasteiger partial charge in [-0.05, 0) is 48.7 Å². The van der Waals surface area contributed by atoms with E-state index >= 15 is 0 Å². The molecule has 7 heteroatoms. The summed E-state index contributed by atoms with van der Waals surface area (Å²) in [5, 5.41) is 0.499. The SMILES string of the molecule is CCOC(=O)c1cc2ccc(OC(=O)COc3cccc(C(C)C)c3)cc2oc1=O. The Balaban J connectivity index is 1.69. The molecule has 0 radical (unpaired) electrons. The number of hydrogen-bond acceptors (Lipinski definition) is 7. The Morgan fingerprint density at radius 3 is 2.57 bits per heavy atom. The molecular weight excluding hydrogens is 388 g/mol. The number of fused-ring (bicyclic) bond motifs is 1. The van der Waals surface area contributed by atoms with Crippen molar-refractivity contribution in [2.24, 2.45) is 0 Å². The van der Waals surface area contributed by atoms with E-state index in [0.717, 1.165) is 5.56 Å². The fourth-order valence-corrected chi connectivity index (χ4v) is 2.77. The van der Waals surface area contributed by atoms with E-state index in [-0.39, 0.29) is 30.1 Å². The molecule has 30 heavy (non-hydrogen) atoms. The number of carbonyl (C=O) groups excluding carboxylic acids is 2. The van der Waals surface area contributed by atoms with Gasteiger partial charge in [0.1, 0.15) is 22.6 Å². The molecular formula is C23H22O7. The standard InChI is InChI=1S/C23H22O7/c1-4-27-22(25)19-11-16-8-9-18(12-20(16)30-23(19)26)29-21(24)13-28-17-7-5-6-15(10-17)14(2)3/h5-12,14H,4,13H2,1-3H3. The number of hydrogen-bond donors (Lipinski definition) is 0. The molecule has 0 atom stereocenters. The second-order valence-electron chi connectivity index (χ2n) is 6.86. The van der Waals surface area contributed by atoms with Gasteiger partial charge in [-0.25, -0.2) is 14.4 Å². The summed E-state index contributed by atoms with van der Waals surface area (Å²) < 4.78 is 20.8. The van der Waals surface area contributed by atoms with Gasteiger partial charge in [0.15, 0.2) is 6.61 Å². The van der Waals surface area contributed by atoms with Crippen molar-refractivity contribution in [1.29, 1.82) is 0 Å². The van der Waals surface area contributed by atoms with Crippen LogP contribution >= 0.6 is 0 Å². The van der Waals surface area contributed by atoms with Crippen LogP contribution in [0.4, 0.5) is 0 Å². The molecule has 3 rings (SSSR count). The van der Waals surface area contributed by atoms with Crippen molar-refractivity contribution in [2.75, 3.05) is 13.2 Å². The lowest BCUT2D eigenvalue weighted by atomic mass is 10.0. The molecule has 1 aromatic heterocycles. The normalized spacial score (nSPS) is 10.8. The van der Waals surface area contributed by atoms with Crippen LogP contribution in [0.3, 0.4) is 0 Å². The highest BCUT2D eigenvalue weighted by molar-refractivity contribution is 5.93. The monoisotopic (exact) mass is 410 g/mol. The first-order valence-electron chi connectivity index (χ1n) is 9.56. The van der Waals surface area contributed by atoms with E-state index in [1.807, 2.05) is 18.2 Å². The van der Waals surface area contributed by atoms with Gasteiger partial charge in [-0.3, -0.25) is 0 Å². The van der Waals surface area contributed by atoms with Gasteiger partial charge >= 0.3 is 17.6 Å². The van der Waals surface area contributed by atoms with Crippen LogP contribution in [0.25, 0.3) is 11.0 Å². The molecule has 0 saturated heterocycles. The molecule has 156 valence electrons. The molecule has 0 aliphatic carbocycles. The highest BCUT2D eigenvalue weighted by Gasteiger charge is 2.15. The minimum atomic E-state index is -0.821. The highest BCUT2D eigenvalue weighted by atomic mass is 16.6. The Morgan fingerprint density at radius 2 is 1.83 bits per heavy atom. The number of esters is 2. The maximum Gasteiger partial charge on any atom is 0.351 e. The van der Waals surface area contributed by atoms with E-state index in [4.69, 9.17) is 18.6 Å². The summed E-state index contributed by atoms with van der Waals surface area (Å²) in [5.74, 6) is -0.234. The molecule has 0 amide bonds. The smallest absolute Gasteiger partial charge is 0.351 e. The van der Waals surface area contributed by atoms with Gasteiger partial charge in [0.05, 0.1) is 6.61 Å². The maximum atomic E-state index is 12.1. The van der Waals surface area contributed by atoms with Crippen LogP contribution < -0.4 is 15.1 Å². The average molecular weight is 410 g/mol. The van der Waals surface area contributed by atoms with Crippen molar-refractivity contribution in [3.05, 3.63) is 70.1 Å². The minimum absolute atomic E-state index is 0.148. The van der Waals surface area contributed by atoms with Crippen LogP contribution in [0.5, 0.6) is 11.5 Å². The van der Waals surface area contributed by atoms with Gasteiger partial charge in [-0.2, -0.15) is 0 Å². The summed E-state index contributed by atoms with van der Waals surface area (Å²) in [5.41, 5.74) is 0.278. The molecule has 0 saturated carbocycles. The number of ether oxygens (including phenoxy) is 3. The number of benzene rings is 2. The zero-order chi connectivity index (χ0) is 21.7. The second-order valence-corrected chi connectivity index (χ2v) is 6.86. The third-order valence-electron chi connectivity index (χ3n) is 4.32. The fraction of sp³-hybridized carbons (Fsp3) is 0.261. The van der Waals surface area contributed by atoms with Crippen molar-refractivity contribution < 1.29 is 28.2 Å². The number of carbonyl (C=O) groups is 2. The van der Waals surface area contributed by atoms with E-state index in [1.54, 1.807) is 19.1 Å². The quantitative estimate of drug-likeness (QED) is 0.329. The van der Waals surface area contributed by atoms with E-state index in [9.17, 15) is 14.4 Å². The van der Waals surface area contributed by atoms with E-state index in [0.29, 0.717) is 17.1 Å². The van der Waals surface area contributed by atoms with Crippen LogP contribution in [-0.4, -0.2) is 25.2 Å². The average Bonchev–Trinajstić information content (AvgIpc) is 2.72. The molecule has 0 fully saturated rings. The van der Waals surface area contributed by atoms with E-state index < -0.39 is 17.6 Å². The van der Waals surface area contributed by atoms with Crippen LogP contribution in [-0.2, 0) is 9.53 Å². The molecule has 0 N–H and O–H groups in total. The molecule has 3 aromatic rings. The fourth-order valence-electron chi connectivity index (χ4n) is 2.77. The zero-order valence-electron chi connectivity index (χ0n) is 17.0. The molecule has 0 aliphatic heterocycles. The first-order valence-corrected chi connectivity index (χ1v) is 9.56. The van der Waals surface area contributed by atoms with Gasteiger partial charge in [0.25, 0.3) is 0 Å². The highest BCUT2D eigenvalue weighted by Crippen LogP contribution is 2.22. The van der Waals surface area contributed by atoms with Gasteiger partial charge in [-0.15, -0.1) is 0 Å². The van der Waals surface area contributed by atoms with E-state index in [2.05, 4.69) is 13.8 Å². The maximum absolute atomic E-state index is 12.1. The van der Waals surface area contributed by atoms with Crippen molar-refractivity contribution >= 4 is 22.9 Å². The second kappa shape index (κ2) is 9.26. The Labute approximate surface area is 173 Å². The minimum Gasteiger partial charge on any atom is -0.482 e. The number of rotatable bonds is 7. The molecule has 1 heterocycles. The Bertz CT molecular complexity index is 1130. The van der Waals surface area contributed by atoms with Crippen molar-refractivity contribution in [3.8, 4) is 11.5 Å². The van der Waals surface area contributed by atoms with Gasteiger partial charge in [-0.1, -0.05) is 26.0 Å². The van der Waals surface area contributed by atoms with Crippen LogP contribution in [0.1, 0.15) is 42.6 Å². The summed E-state index contributed by atoms with van der Waals surface area (Å²) in [6.07, 6.45) is 0. The van der Waals surface area contributed by atoms with Crippen LogP contribution in [0.2, 0.25) is 0 Å². The van der Waals surface area contributed by atoms with Crippen molar-refractivity contribution in [2.45, 2.75) is 26.7 Å². The Hall–Kier alpha value is -3.61. The van der Waals surface area contributed by atoms with Crippen LogP contribution in [0, 0.1) is 0 Å². The largest absolute Gasteiger partial charge is 0.482 e. The molecule has 0 bridgehead atoms. The predicted molar refractivity (Wildman–Crippen MR) is 110 cm³/mol. The molecule has 0 aliphatic rings. The first-order chi connectivity index (χ1) is 14.4. The Kier molecular flexibility index (Phi) is 6.51. The summed E-state index contributed by atoms with van der Waals surface area (Å²) in [4.78, 5) is 35.9. The predicted octanol–water partition coefficient (Wildman–Crippen LogP) is 4.08. The zero-order valence-corrected chi connectivity index (χ0v) is 17.0. The van der Waals surface area contributed by atoms with Crippen LogP contribution in [0.15, 0.2) is 57.7 Å². The third-order valence-corrected chi connectivity index (χ3v) is 4.32. The lowest BCUT2D eigenvalue weighted by molar-refractivity contribution is -0.136. The lowest BCUT2D eigenvalue weighted by Gasteiger charge is -2.10. The third kappa shape index (κ3) is 5.05.